The summed E-state index contributed by atoms with van der Waals surface area (Å²) in [5.41, 5.74) is 6.53. The Balaban J connectivity index is 1.43. The van der Waals surface area contributed by atoms with E-state index in [1.807, 2.05) is 93.6 Å². The van der Waals surface area contributed by atoms with Gasteiger partial charge in [-0.2, -0.15) is 0 Å². The van der Waals surface area contributed by atoms with Gasteiger partial charge in [-0.3, -0.25) is 4.79 Å². The molecule has 1 atom stereocenters. The van der Waals surface area contributed by atoms with E-state index in [-0.39, 0.29) is 18.0 Å². The summed E-state index contributed by atoms with van der Waals surface area (Å²) in [5.74, 6) is 0.823. The quantitative estimate of drug-likeness (QED) is 0.346. The van der Waals surface area contributed by atoms with Gasteiger partial charge in [0.15, 0.2) is 5.17 Å². The molecule has 1 saturated heterocycles. The van der Waals surface area contributed by atoms with Crippen LogP contribution in [0.5, 0.6) is 0 Å². The normalized spacial score (nSPS) is 16.9. The lowest BCUT2D eigenvalue weighted by molar-refractivity contribution is -0.113. The molecule has 0 saturated carbocycles. The maximum atomic E-state index is 13.6. The van der Waals surface area contributed by atoms with Crippen LogP contribution >= 0.6 is 11.8 Å². The van der Waals surface area contributed by atoms with Gasteiger partial charge in [-0.15, -0.1) is 0 Å². The Morgan fingerprint density at radius 1 is 0.895 bits per heavy atom. The number of para-hydroxylation sites is 1. The fraction of sp³-hybridized carbons (Fsp3) is 0.233. The number of aliphatic imine (C=N–C) groups is 1. The maximum Gasteiger partial charge on any atom is 0.323 e. The number of aryl methyl sites for hydroxylation is 1. The number of hydrogen-bond acceptors (Lipinski definition) is 5. The van der Waals surface area contributed by atoms with Crippen LogP contribution in [0.15, 0.2) is 89.1 Å². The van der Waals surface area contributed by atoms with Crippen LogP contribution < -0.4 is 16.0 Å². The highest BCUT2D eigenvalue weighted by Gasteiger charge is 2.37. The number of carbonyl (C=O) groups excluding carboxylic acids is 2. The SMILES string of the molecule is CC1=C(C(=O)Nc2ccccc2)[C@@H](c2cccc(NC(=O)Nc3cccc(C)c3C)c2)N2CCCSC2=N1. The number of hydrogen-bond donors (Lipinski definition) is 3. The molecule has 2 heterocycles. The van der Waals surface area contributed by atoms with Gasteiger partial charge in [-0.25, -0.2) is 9.79 Å². The fourth-order valence-corrected chi connectivity index (χ4v) is 5.80. The molecule has 194 valence electrons. The predicted octanol–water partition coefficient (Wildman–Crippen LogP) is 6.71. The van der Waals surface area contributed by atoms with Crippen LogP contribution in [0.2, 0.25) is 0 Å². The van der Waals surface area contributed by atoms with Gasteiger partial charge in [-0.1, -0.05) is 54.2 Å². The number of rotatable bonds is 5. The van der Waals surface area contributed by atoms with E-state index in [1.54, 1.807) is 11.8 Å². The average molecular weight is 526 g/mol. The van der Waals surface area contributed by atoms with Crippen molar-refractivity contribution in [2.24, 2.45) is 4.99 Å². The zero-order valence-electron chi connectivity index (χ0n) is 21.7. The number of benzene rings is 3. The van der Waals surface area contributed by atoms with E-state index in [0.29, 0.717) is 17.0 Å². The van der Waals surface area contributed by atoms with E-state index >= 15 is 0 Å². The summed E-state index contributed by atoms with van der Waals surface area (Å²) in [6.07, 6.45) is 1.00. The lowest BCUT2D eigenvalue weighted by Gasteiger charge is -2.41. The Morgan fingerprint density at radius 3 is 2.47 bits per heavy atom. The molecule has 0 bridgehead atoms. The van der Waals surface area contributed by atoms with Crippen molar-refractivity contribution in [1.82, 2.24) is 4.90 Å². The first kappa shape index (κ1) is 25.6. The molecule has 8 heteroatoms. The summed E-state index contributed by atoms with van der Waals surface area (Å²) in [5, 5.41) is 9.89. The monoisotopic (exact) mass is 525 g/mol. The van der Waals surface area contributed by atoms with Gasteiger partial charge in [0.25, 0.3) is 5.91 Å². The third-order valence-electron chi connectivity index (χ3n) is 6.85. The minimum Gasteiger partial charge on any atom is -0.340 e. The second-order valence-corrected chi connectivity index (χ2v) is 10.5. The zero-order chi connectivity index (χ0) is 26.6. The van der Waals surface area contributed by atoms with Gasteiger partial charge in [0.05, 0.1) is 17.3 Å². The molecule has 2 aliphatic rings. The Morgan fingerprint density at radius 2 is 1.66 bits per heavy atom. The summed E-state index contributed by atoms with van der Waals surface area (Å²) < 4.78 is 0. The largest absolute Gasteiger partial charge is 0.340 e. The Hall–Kier alpha value is -4.04. The van der Waals surface area contributed by atoms with Gasteiger partial charge in [-0.05, 0) is 74.2 Å². The van der Waals surface area contributed by atoms with E-state index in [9.17, 15) is 9.59 Å². The number of amides is 3. The van der Waals surface area contributed by atoms with Crippen molar-refractivity contribution in [3.8, 4) is 0 Å². The van der Waals surface area contributed by atoms with Crippen LogP contribution in [0.3, 0.4) is 0 Å². The van der Waals surface area contributed by atoms with E-state index in [4.69, 9.17) is 4.99 Å². The Kier molecular flexibility index (Phi) is 7.51. The zero-order valence-corrected chi connectivity index (χ0v) is 22.6. The van der Waals surface area contributed by atoms with E-state index in [2.05, 4.69) is 20.9 Å². The highest BCUT2D eigenvalue weighted by atomic mass is 32.2. The Bertz CT molecular complexity index is 1430. The molecule has 0 spiro atoms. The number of thioether (sulfide) groups is 1. The van der Waals surface area contributed by atoms with Crippen molar-refractivity contribution in [2.45, 2.75) is 33.2 Å². The summed E-state index contributed by atoms with van der Waals surface area (Å²) in [7, 11) is 0. The topological polar surface area (TPSA) is 85.8 Å². The van der Waals surface area contributed by atoms with Gasteiger partial charge in [0.2, 0.25) is 0 Å². The van der Waals surface area contributed by atoms with Crippen molar-refractivity contribution >= 4 is 45.9 Å². The standard InChI is InChI=1S/C30H31N5O2S/c1-19-10-7-15-25(20(19)2)34-29(37)33-24-14-8-11-22(18-24)27-26(28(36)32-23-12-5-4-6-13-23)21(3)31-30-35(27)16-9-17-38-30/h4-8,10-15,18,27H,9,16-17H2,1-3H3,(H,32,36)(H2,33,34,37)/t27-/m1/s1. The fourth-order valence-electron chi connectivity index (χ4n) is 4.78. The molecule has 38 heavy (non-hydrogen) atoms. The molecule has 5 rings (SSSR count). The first-order valence-electron chi connectivity index (χ1n) is 12.7. The Labute approximate surface area is 227 Å². The van der Waals surface area contributed by atoms with Crippen molar-refractivity contribution in [2.75, 3.05) is 28.2 Å². The summed E-state index contributed by atoms with van der Waals surface area (Å²) in [6, 6.07) is 22.4. The molecular formula is C30H31N5O2S. The molecule has 0 radical (unpaired) electrons. The molecule has 3 amide bonds. The second kappa shape index (κ2) is 11.1. The van der Waals surface area contributed by atoms with Crippen molar-refractivity contribution in [1.29, 1.82) is 0 Å². The molecule has 0 unspecified atom stereocenters. The third kappa shape index (κ3) is 5.45. The van der Waals surface area contributed by atoms with Crippen molar-refractivity contribution < 1.29 is 9.59 Å². The molecule has 0 aromatic heterocycles. The molecule has 3 aromatic carbocycles. The maximum absolute atomic E-state index is 13.6. The first-order chi connectivity index (χ1) is 18.4. The van der Waals surface area contributed by atoms with Crippen molar-refractivity contribution in [3.63, 3.8) is 0 Å². The number of nitrogens with zero attached hydrogens (tertiary/aromatic N) is 2. The molecule has 3 aromatic rings. The summed E-state index contributed by atoms with van der Waals surface area (Å²) in [4.78, 5) is 33.5. The van der Waals surface area contributed by atoms with Crippen LogP contribution in [-0.2, 0) is 4.79 Å². The first-order valence-corrected chi connectivity index (χ1v) is 13.7. The molecule has 7 nitrogen and oxygen atoms in total. The predicted molar refractivity (Wildman–Crippen MR) is 157 cm³/mol. The second-order valence-electron chi connectivity index (χ2n) is 9.46. The molecule has 2 aliphatic heterocycles. The van der Waals surface area contributed by atoms with Crippen LogP contribution in [0.4, 0.5) is 21.9 Å². The van der Waals surface area contributed by atoms with E-state index in [1.165, 1.54) is 0 Å². The van der Waals surface area contributed by atoms with Crippen LogP contribution in [0, 0.1) is 13.8 Å². The lowest BCUT2D eigenvalue weighted by atomic mass is 9.93. The third-order valence-corrected chi connectivity index (χ3v) is 7.92. The molecule has 0 aliphatic carbocycles. The van der Waals surface area contributed by atoms with E-state index < -0.39 is 0 Å². The number of anilines is 3. The summed E-state index contributed by atoms with van der Waals surface area (Å²) >= 11 is 1.72. The molecule has 1 fully saturated rings. The highest BCUT2D eigenvalue weighted by molar-refractivity contribution is 8.13. The van der Waals surface area contributed by atoms with E-state index in [0.717, 1.165) is 52.0 Å². The summed E-state index contributed by atoms with van der Waals surface area (Å²) in [6.45, 7) is 6.70. The number of amidine groups is 1. The average Bonchev–Trinajstić information content (AvgIpc) is 2.91. The van der Waals surface area contributed by atoms with Gasteiger partial charge < -0.3 is 20.9 Å². The number of allylic oxidation sites excluding steroid dienone is 1. The van der Waals surface area contributed by atoms with Crippen LogP contribution in [-0.4, -0.2) is 34.3 Å². The number of fused-ring (bicyclic) bond motifs is 1. The van der Waals surface area contributed by atoms with Crippen molar-refractivity contribution in [3.05, 3.63) is 101 Å². The van der Waals surface area contributed by atoms with Gasteiger partial charge in [0.1, 0.15) is 0 Å². The van der Waals surface area contributed by atoms with Gasteiger partial charge in [0, 0.05) is 29.4 Å². The number of nitrogens with one attached hydrogen (secondary N) is 3. The minimum atomic E-state index is -0.317. The number of carbonyl (C=O) groups is 2. The van der Waals surface area contributed by atoms with Gasteiger partial charge >= 0.3 is 6.03 Å². The molecule has 3 N–H and O–H groups in total. The number of urea groups is 1. The minimum absolute atomic E-state index is 0.178. The highest BCUT2D eigenvalue weighted by Crippen LogP contribution is 2.40. The molecular weight excluding hydrogens is 494 g/mol. The lowest BCUT2D eigenvalue weighted by Crippen LogP contribution is -2.43. The van der Waals surface area contributed by atoms with Crippen LogP contribution in [0.25, 0.3) is 0 Å². The smallest absolute Gasteiger partial charge is 0.323 e. The van der Waals surface area contributed by atoms with Crippen LogP contribution in [0.1, 0.15) is 36.1 Å².